The Labute approximate surface area is 233 Å². The number of hydrogen-bond acceptors (Lipinski definition) is 8. The summed E-state index contributed by atoms with van der Waals surface area (Å²) >= 11 is 2.63. The molecule has 0 bridgehead atoms. The molecule has 1 aliphatic carbocycles. The molecule has 3 aromatic heterocycles. The fraction of sp³-hybridized carbons (Fsp3) is 0.167. The number of aromatic nitrogens is 1. The number of amides is 1. The van der Waals surface area contributed by atoms with Gasteiger partial charge in [-0.1, -0.05) is 24.3 Å². The molecule has 9 heteroatoms. The lowest BCUT2D eigenvalue weighted by Crippen LogP contribution is -2.16. The van der Waals surface area contributed by atoms with Crippen LogP contribution < -0.4 is 15.8 Å². The molecule has 0 radical (unpaired) electrons. The lowest BCUT2D eigenvalue weighted by Gasteiger charge is -2.16. The lowest BCUT2D eigenvalue weighted by atomic mass is 9.89. The molecular weight excluding hydrogens is 530 g/mol. The summed E-state index contributed by atoms with van der Waals surface area (Å²) in [6.07, 6.45) is 1.53. The Hall–Kier alpha value is -4.21. The van der Waals surface area contributed by atoms with Gasteiger partial charge in [0.15, 0.2) is 0 Å². The topological polar surface area (TPSA) is 104 Å². The number of aryl methyl sites for hydroxylation is 1. The molecule has 0 atom stereocenters. The summed E-state index contributed by atoms with van der Waals surface area (Å²) in [7, 11) is 1.63. The van der Waals surface area contributed by atoms with E-state index in [1.54, 1.807) is 14.0 Å². The van der Waals surface area contributed by atoms with E-state index in [0.717, 1.165) is 39.4 Å². The highest BCUT2D eigenvalue weighted by molar-refractivity contribution is 7.22. The normalized spacial score (nSPS) is 12.1. The van der Waals surface area contributed by atoms with E-state index < -0.39 is 5.97 Å². The Balaban J connectivity index is 1.36. The average Bonchev–Trinajstić information content (AvgIpc) is 3.50. The minimum absolute atomic E-state index is 0.249. The van der Waals surface area contributed by atoms with Crippen LogP contribution in [0.4, 0.5) is 10.7 Å². The van der Waals surface area contributed by atoms with Crippen LogP contribution in [0.2, 0.25) is 0 Å². The van der Waals surface area contributed by atoms with Crippen molar-refractivity contribution in [3.05, 3.63) is 82.2 Å². The molecule has 5 aromatic rings. The second-order valence-electron chi connectivity index (χ2n) is 9.07. The van der Waals surface area contributed by atoms with Crippen molar-refractivity contribution in [3.8, 4) is 27.4 Å². The lowest BCUT2D eigenvalue weighted by molar-refractivity contribution is 0.0527. The molecular formula is C30H25N3O4S2. The molecule has 7 nitrogen and oxygen atoms in total. The van der Waals surface area contributed by atoms with Gasteiger partial charge < -0.3 is 20.5 Å². The number of esters is 1. The van der Waals surface area contributed by atoms with Crippen molar-refractivity contribution in [1.29, 1.82) is 0 Å². The second kappa shape index (κ2) is 10.2. The number of anilines is 2. The average molecular weight is 556 g/mol. The van der Waals surface area contributed by atoms with Crippen LogP contribution in [0.1, 0.15) is 38.1 Å². The minimum atomic E-state index is -0.431. The van der Waals surface area contributed by atoms with Gasteiger partial charge in [0.2, 0.25) is 0 Å². The maximum atomic E-state index is 13.6. The Morgan fingerprint density at radius 2 is 1.82 bits per heavy atom. The summed E-state index contributed by atoms with van der Waals surface area (Å²) in [6.45, 7) is 2.02. The van der Waals surface area contributed by atoms with Crippen LogP contribution in [0, 0.1) is 0 Å². The predicted molar refractivity (Wildman–Crippen MR) is 157 cm³/mol. The van der Waals surface area contributed by atoms with E-state index in [1.165, 1.54) is 28.2 Å². The van der Waals surface area contributed by atoms with Crippen molar-refractivity contribution in [3.63, 3.8) is 0 Å². The number of nitrogens with zero attached hydrogens (tertiary/aromatic N) is 1. The number of carbonyl (C=O) groups is 2. The first-order chi connectivity index (χ1) is 19.0. The molecule has 0 aliphatic heterocycles. The van der Waals surface area contributed by atoms with E-state index in [4.69, 9.17) is 20.2 Å². The standard InChI is InChI=1S/C30H25N3O4S2/c1-3-37-30(35)23-20-13-10-16-6-4-5-7-19(16)25(20)38-29(23)33-27(34)26-24(31)21-14-15-22(32-28(21)39-26)17-8-11-18(36-2)12-9-17/h4-9,11-12,14-15H,3,10,13,31H2,1-2H3,(H,33,34). The summed E-state index contributed by atoms with van der Waals surface area (Å²) in [6, 6.07) is 19.6. The molecule has 2 aromatic carbocycles. The van der Waals surface area contributed by atoms with Crippen LogP contribution in [-0.2, 0) is 17.6 Å². The maximum absolute atomic E-state index is 13.6. The number of nitrogens with two attached hydrogens (primary N) is 1. The number of methoxy groups -OCH3 is 1. The van der Waals surface area contributed by atoms with Gasteiger partial charge in [-0.2, -0.15) is 0 Å². The molecule has 0 fully saturated rings. The number of fused-ring (bicyclic) bond motifs is 4. The van der Waals surface area contributed by atoms with Crippen molar-refractivity contribution in [1.82, 2.24) is 4.98 Å². The van der Waals surface area contributed by atoms with Crippen molar-refractivity contribution in [2.45, 2.75) is 19.8 Å². The van der Waals surface area contributed by atoms with Crippen LogP contribution >= 0.6 is 22.7 Å². The number of ether oxygens (including phenoxy) is 2. The quantitative estimate of drug-likeness (QED) is 0.223. The Kier molecular flexibility index (Phi) is 6.54. The number of pyridine rings is 1. The molecule has 39 heavy (non-hydrogen) atoms. The zero-order valence-corrected chi connectivity index (χ0v) is 23.0. The third kappa shape index (κ3) is 4.43. The molecule has 3 N–H and O–H groups in total. The van der Waals surface area contributed by atoms with Crippen LogP contribution in [0.3, 0.4) is 0 Å². The largest absolute Gasteiger partial charge is 0.497 e. The summed E-state index contributed by atoms with van der Waals surface area (Å²) < 4.78 is 10.6. The summed E-state index contributed by atoms with van der Waals surface area (Å²) in [5.74, 6) is -0.0428. The van der Waals surface area contributed by atoms with Gasteiger partial charge in [0.1, 0.15) is 20.5 Å². The van der Waals surface area contributed by atoms with Gasteiger partial charge in [-0.05, 0) is 72.9 Å². The fourth-order valence-corrected chi connectivity index (χ4v) is 7.18. The van der Waals surface area contributed by atoms with Crippen molar-refractivity contribution in [2.24, 2.45) is 0 Å². The maximum Gasteiger partial charge on any atom is 0.341 e. The van der Waals surface area contributed by atoms with Crippen LogP contribution in [0.25, 0.3) is 31.9 Å². The summed E-state index contributed by atoms with van der Waals surface area (Å²) in [5, 5.41) is 4.17. The first-order valence-corrected chi connectivity index (χ1v) is 14.2. The number of carbonyl (C=O) groups excluding carboxylic acids is 2. The molecule has 6 rings (SSSR count). The molecule has 0 saturated carbocycles. The first kappa shape index (κ1) is 25.1. The molecule has 1 amide bonds. The van der Waals surface area contributed by atoms with Gasteiger partial charge in [-0.25, -0.2) is 9.78 Å². The van der Waals surface area contributed by atoms with Crippen molar-refractivity contribution < 1.29 is 19.1 Å². The van der Waals surface area contributed by atoms with Gasteiger partial charge in [-0.3, -0.25) is 4.79 Å². The van der Waals surface area contributed by atoms with Crippen LogP contribution in [-0.4, -0.2) is 30.6 Å². The minimum Gasteiger partial charge on any atom is -0.497 e. The van der Waals surface area contributed by atoms with Gasteiger partial charge in [0.05, 0.1) is 30.7 Å². The smallest absolute Gasteiger partial charge is 0.341 e. The van der Waals surface area contributed by atoms with E-state index in [2.05, 4.69) is 17.4 Å². The third-order valence-corrected chi connectivity index (χ3v) is 9.10. The van der Waals surface area contributed by atoms with E-state index in [1.807, 2.05) is 48.5 Å². The highest BCUT2D eigenvalue weighted by atomic mass is 32.1. The summed E-state index contributed by atoms with van der Waals surface area (Å²) in [4.78, 5) is 33.4. The monoisotopic (exact) mass is 555 g/mol. The molecule has 0 saturated heterocycles. The van der Waals surface area contributed by atoms with Crippen LogP contribution in [0.5, 0.6) is 5.75 Å². The highest BCUT2D eigenvalue weighted by Crippen LogP contribution is 2.46. The highest BCUT2D eigenvalue weighted by Gasteiger charge is 2.30. The SMILES string of the molecule is CCOC(=O)c1c(NC(=O)c2sc3nc(-c4ccc(OC)cc4)ccc3c2N)sc2c1CCc1ccccc1-2. The van der Waals surface area contributed by atoms with Gasteiger partial charge in [0.25, 0.3) is 5.91 Å². The molecule has 196 valence electrons. The van der Waals surface area contributed by atoms with Crippen molar-refractivity contribution in [2.75, 3.05) is 24.8 Å². The van der Waals surface area contributed by atoms with Crippen molar-refractivity contribution >= 4 is 55.5 Å². The molecule has 0 unspecified atom stereocenters. The number of hydrogen-bond donors (Lipinski definition) is 2. The first-order valence-electron chi connectivity index (χ1n) is 12.5. The zero-order chi connectivity index (χ0) is 27.1. The van der Waals surface area contributed by atoms with Crippen LogP contribution in [0.15, 0.2) is 60.7 Å². The number of nitrogens with one attached hydrogen (secondary N) is 1. The molecule has 3 heterocycles. The second-order valence-corrected chi connectivity index (χ2v) is 11.1. The van der Waals surface area contributed by atoms with Gasteiger partial charge in [0, 0.05) is 15.8 Å². The van der Waals surface area contributed by atoms with E-state index in [9.17, 15) is 9.59 Å². The van der Waals surface area contributed by atoms with E-state index in [-0.39, 0.29) is 12.5 Å². The van der Waals surface area contributed by atoms with E-state index >= 15 is 0 Å². The third-order valence-electron chi connectivity index (χ3n) is 6.81. The predicted octanol–water partition coefficient (Wildman–Crippen LogP) is 6.81. The van der Waals surface area contributed by atoms with E-state index in [0.29, 0.717) is 37.8 Å². The number of thiophene rings is 2. The number of nitrogen functional groups attached to an aromatic ring is 1. The van der Waals surface area contributed by atoms with Gasteiger partial charge in [-0.15, -0.1) is 22.7 Å². The fourth-order valence-electron chi connectivity index (χ4n) is 4.90. The Bertz CT molecular complexity index is 1740. The molecule has 1 aliphatic rings. The Morgan fingerprint density at radius 1 is 1.03 bits per heavy atom. The number of benzene rings is 2. The zero-order valence-electron chi connectivity index (χ0n) is 21.4. The number of rotatable bonds is 6. The summed E-state index contributed by atoms with van der Waals surface area (Å²) in [5.41, 5.74) is 12.2. The molecule has 0 spiro atoms. The van der Waals surface area contributed by atoms with Gasteiger partial charge >= 0.3 is 5.97 Å². The Morgan fingerprint density at radius 3 is 2.59 bits per heavy atom.